The van der Waals surface area contributed by atoms with Crippen LogP contribution in [0.15, 0.2) is 39.4 Å². The van der Waals surface area contributed by atoms with E-state index in [0.29, 0.717) is 20.9 Å². The highest BCUT2D eigenvalue weighted by Crippen LogP contribution is 2.29. The largest absolute Gasteiger partial charge is 0.465 e. The van der Waals surface area contributed by atoms with Crippen LogP contribution in [0.1, 0.15) is 29.1 Å². The first-order valence-electron chi connectivity index (χ1n) is 5.91. The molecular formula is C14H13BrClNO3. The van der Waals surface area contributed by atoms with Gasteiger partial charge in [0, 0.05) is 0 Å². The quantitative estimate of drug-likeness (QED) is 0.808. The number of anilines is 1. The van der Waals surface area contributed by atoms with Crippen molar-refractivity contribution in [2.75, 3.05) is 12.4 Å². The van der Waals surface area contributed by atoms with Gasteiger partial charge in [-0.1, -0.05) is 11.6 Å². The van der Waals surface area contributed by atoms with E-state index in [0.717, 1.165) is 5.76 Å². The summed E-state index contributed by atoms with van der Waals surface area (Å²) in [6.07, 6.45) is 0. The third-order valence-corrected chi connectivity index (χ3v) is 3.54. The van der Waals surface area contributed by atoms with E-state index in [-0.39, 0.29) is 6.04 Å². The van der Waals surface area contributed by atoms with Gasteiger partial charge in [-0.25, -0.2) is 4.79 Å². The molecule has 0 spiro atoms. The minimum absolute atomic E-state index is 0.0910. The third kappa shape index (κ3) is 3.35. The third-order valence-electron chi connectivity index (χ3n) is 2.78. The fourth-order valence-electron chi connectivity index (χ4n) is 1.75. The molecule has 0 aliphatic rings. The lowest BCUT2D eigenvalue weighted by atomic mass is 10.1. The Kier molecular flexibility index (Phi) is 4.73. The molecule has 0 aliphatic carbocycles. The van der Waals surface area contributed by atoms with E-state index in [1.807, 2.05) is 19.1 Å². The SMILES string of the molecule is COC(=O)c1ccc(Cl)c(NC(C)c2ccc(Br)o2)c1. The maximum atomic E-state index is 11.5. The van der Waals surface area contributed by atoms with Crippen molar-refractivity contribution in [1.82, 2.24) is 0 Å². The van der Waals surface area contributed by atoms with E-state index in [1.54, 1.807) is 18.2 Å². The van der Waals surface area contributed by atoms with Crippen molar-refractivity contribution in [3.05, 3.63) is 51.3 Å². The first-order chi connectivity index (χ1) is 9.51. The Morgan fingerprint density at radius 1 is 1.40 bits per heavy atom. The Labute approximate surface area is 130 Å². The summed E-state index contributed by atoms with van der Waals surface area (Å²) in [4.78, 5) is 11.5. The van der Waals surface area contributed by atoms with Gasteiger partial charge >= 0.3 is 5.97 Å². The van der Waals surface area contributed by atoms with Gasteiger partial charge in [0.1, 0.15) is 5.76 Å². The number of hydrogen-bond acceptors (Lipinski definition) is 4. The molecule has 0 amide bonds. The second kappa shape index (κ2) is 6.33. The predicted molar refractivity (Wildman–Crippen MR) is 81.2 cm³/mol. The van der Waals surface area contributed by atoms with Crippen LogP contribution in [-0.2, 0) is 4.74 Å². The van der Waals surface area contributed by atoms with Gasteiger partial charge in [-0.3, -0.25) is 0 Å². The summed E-state index contributed by atoms with van der Waals surface area (Å²) in [5.74, 6) is 0.356. The zero-order chi connectivity index (χ0) is 14.7. The van der Waals surface area contributed by atoms with Gasteiger partial charge in [0.2, 0.25) is 0 Å². The number of furan rings is 1. The van der Waals surface area contributed by atoms with Crippen LogP contribution in [0, 0.1) is 0 Å². The normalized spacial score (nSPS) is 12.0. The summed E-state index contributed by atoms with van der Waals surface area (Å²) in [5, 5.41) is 3.73. The number of carbonyl (C=O) groups excluding carboxylic acids is 1. The van der Waals surface area contributed by atoms with Crippen molar-refractivity contribution in [3.63, 3.8) is 0 Å². The lowest BCUT2D eigenvalue weighted by Gasteiger charge is -2.15. The van der Waals surface area contributed by atoms with E-state index in [2.05, 4.69) is 26.0 Å². The summed E-state index contributed by atoms with van der Waals surface area (Å²) >= 11 is 9.39. The Hall–Kier alpha value is -1.46. The van der Waals surface area contributed by atoms with Gasteiger partial charge in [-0.05, 0) is 53.2 Å². The molecule has 106 valence electrons. The van der Waals surface area contributed by atoms with Crippen LogP contribution in [0.2, 0.25) is 5.02 Å². The average molecular weight is 359 g/mol. The Morgan fingerprint density at radius 2 is 2.15 bits per heavy atom. The fourth-order valence-corrected chi connectivity index (χ4v) is 2.24. The molecule has 6 heteroatoms. The molecule has 0 bridgehead atoms. The Bertz CT molecular complexity index is 627. The van der Waals surface area contributed by atoms with Crippen LogP contribution in [-0.4, -0.2) is 13.1 Å². The zero-order valence-electron chi connectivity index (χ0n) is 10.9. The summed E-state index contributed by atoms with van der Waals surface area (Å²) in [5.41, 5.74) is 1.09. The average Bonchev–Trinajstić information content (AvgIpc) is 2.87. The highest BCUT2D eigenvalue weighted by Gasteiger charge is 2.14. The molecule has 4 nitrogen and oxygen atoms in total. The molecule has 0 saturated heterocycles. The molecular weight excluding hydrogens is 346 g/mol. The monoisotopic (exact) mass is 357 g/mol. The maximum absolute atomic E-state index is 11.5. The molecule has 1 atom stereocenters. The summed E-state index contributed by atoms with van der Waals surface area (Å²) in [7, 11) is 1.34. The van der Waals surface area contributed by atoms with Crippen LogP contribution in [0.3, 0.4) is 0 Å². The number of esters is 1. The summed E-state index contributed by atoms with van der Waals surface area (Å²) in [6.45, 7) is 1.94. The van der Waals surface area contributed by atoms with Crippen molar-refractivity contribution in [1.29, 1.82) is 0 Å². The van der Waals surface area contributed by atoms with Crippen LogP contribution < -0.4 is 5.32 Å². The standard InChI is InChI=1S/C14H13BrClNO3/c1-8(12-5-6-13(15)20-12)17-11-7-9(14(18)19-2)3-4-10(11)16/h3-8,17H,1-2H3. The molecule has 1 N–H and O–H groups in total. The van der Waals surface area contributed by atoms with Crippen LogP contribution in [0.4, 0.5) is 5.69 Å². The molecule has 0 aliphatic heterocycles. The van der Waals surface area contributed by atoms with Crippen LogP contribution in [0.25, 0.3) is 0 Å². The van der Waals surface area contributed by atoms with E-state index >= 15 is 0 Å². The number of ether oxygens (including phenoxy) is 1. The lowest BCUT2D eigenvalue weighted by molar-refractivity contribution is 0.0601. The number of nitrogens with one attached hydrogen (secondary N) is 1. The Morgan fingerprint density at radius 3 is 2.75 bits per heavy atom. The van der Waals surface area contributed by atoms with E-state index in [1.165, 1.54) is 7.11 Å². The second-order valence-corrected chi connectivity index (χ2v) is 5.38. The van der Waals surface area contributed by atoms with Gasteiger partial charge < -0.3 is 14.5 Å². The van der Waals surface area contributed by atoms with E-state index in [9.17, 15) is 4.79 Å². The highest BCUT2D eigenvalue weighted by molar-refractivity contribution is 9.10. The first kappa shape index (κ1) is 14.9. The molecule has 1 aromatic heterocycles. The predicted octanol–water partition coefficient (Wildman–Crippen LogP) is 4.66. The number of rotatable bonds is 4. The molecule has 1 unspecified atom stereocenters. The molecule has 0 saturated carbocycles. The first-order valence-corrected chi connectivity index (χ1v) is 7.08. The molecule has 0 radical (unpaired) electrons. The number of hydrogen-bond donors (Lipinski definition) is 1. The summed E-state index contributed by atoms with van der Waals surface area (Å²) < 4.78 is 10.8. The van der Waals surface area contributed by atoms with Gasteiger partial charge in [-0.15, -0.1) is 0 Å². The van der Waals surface area contributed by atoms with Crippen molar-refractivity contribution >= 4 is 39.2 Å². The molecule has 1 aromatic carbocycles. The van der Waals surface area contributed by atoms with Crippen molar-refractivity contribution in [2.45, 2.75) is 13.0 Å². The molecule has 0 fully saturated rings. The maximum Gasteiger partial charge on any atom is 0.337 e. The van der Waals surface area contributed by atoms with E-state index < -0.39 is 5.97 Å². The van der Waals surface area contributed by atoms with Crippen molar-refractivity contribution < 1.29 is 13.9 Å². The Balaban J connectivity index is 2.22. The minimum Gasteiger partial charge on any atom is -0.465 e. The number of carbonyl (C=O) groups is 1. The molecule has 20 heavy (non-hydrogen) atoms. The van der Waals surface area contributed by atoms with Crippen molar-refractivity contribution in [2.24, 2.45) is 0 Å². The molecule has 1 heterocycles. The minimum atomic E-state index is -0.405. The summed E-state index contributed by atoms with van der Waals surface area (Å²) in [6, 6.07) is 8.52. The smallest absolute Gasteiger partial charge is 0.337 e. The van der Waals surface area contributed by atoms with Crippen molar-refractivity contribution in [3.8, 4) is 0 Å². The molecule has 2 rings (SSSR count). The lowest BCUT2D eigenvalue weighted by Crippen LogP contribution is -2.08. The number of halogens is 2. The van der Waals surface area contributed by atoms with E-state index in [4.69, 9.17) is 16.0 Å². The number of benzene rings is 1. The molecule has 2 aromatic rings. The van der Waals surface area contributed by atoms with Crippen LogP contribution in [0.5, 0.6) is 0 Å². The fraction of sp³-hybridized carbons (Fsp3) is 0.214. The number of methoxy groups -OCH3 is 1. The van der Waals surface area contributed by atoms with Crippen LogP contribution >= 0.6 is 27.5 Å². The van der Waals surface area contributed by atoms with Gasteiger partial charge in [0.25, 0.3) is 0 Å². The second-order valence-electron chi connectivity index (χ2n) is 4.19. The van der Waals surface area contributed by atoms with Gasteiger partial charge in [0.05, 0.1) is 29.4 Å². The van der Waals surface area contributed by atoms with Gasteiger partial charge in [-0.2, -0.15) is 0 Å². The highest BCUT2D eigenvalue weighted by atomic mass is 79.9. The van der Waals surface area contributed by atoms with Gasteiger partial charge in [0.15, 0.2) is 4.67 Å². The topological polar surface area (TPSA) is 51.5 Å². The zero-order valence-corrected chi connectivity index (χ0v) is 13.3.